The van der Waals surface area contributed by atoms with E-state index in [9.17, 15) is 9.90 Å². The number of esters is 1. The summed E-state index contributed by atoms with van der Waals surface area (Å²) in [5.74, 6) is 1.38. The van der Waals surface area contributed by atoms with Gasteiger partial charge in [-0.3, -0.25) is 4.79 Å². The maximum Gasteiger partial charge on any atom is 0.306 e. The predicted molar refractivity (Wildman–Crippen MR) is 65.3 cm³/mol. The molecule has 0 saturated heterocycles. The second-order valence-electron chi connectivity index (χ2n) is 3.27. The Morgan fingerprint density at radius 2 is 2.31 bits per heavy atom. The minimum Gasteiger partial charge on any atom is -0.506 e. The van der Waals surface area contributed by atoms with Crippen molar-refractivity contribution in [2.75, 3.05) is 18.6 Å². The number of nitrogen functional groups attached to an aromatic ring is 1. The molecule has 0 heterocycles. The zero-order chi connectivity index (χ0) is 12.0. The van der Waals surface area contributed by atoms with Crippen molar-refractivity contribution in [2.24, 2.45) is 0 Å². The Kier molecular flexibility index (Phi) is 4.98. The molecule has 0 unspecified atom stereocenters. The summed E-state index contributed by atoms with van der Waals surface area (Å²) in [6.07, 6.45) is 0.411. The molecule has 5 heteroatoms. The Morgan fingerprint density at radius 1 is 1.56 bits per heavy atom. The van der Waals surface area contributed by atoms with Crippen molar-refractivity contribution in [3.05, 3.63) is 23.8 Å². The summed E-state index contributed by atoms with van der Waals surface area (Å²) in [5.41, 5.74) is 6.97. The third kappa shape index (κ3) is 4.02. The minimum absolute atomic E-state index is 0.100. The van der Waals surface area contributed by atoms with Gasteiger partial charge in [-0.05, 0) is 17.7 Å². The number of carbonyl (C=O) groups is 1. The van der Waals surface area contributed by atoms with Gasteiger partial charge in [-0.25, -0.2) is 0 Å². The second-order valence-corrected chi connectivity index (χ2v) is 4.38. The van der Waals surface area contributed by atoms with Gasteiger partial charge in [0.2, 0.25) is 0 Å². The van der Waals surface area contributed by atoms with E-state index in [1.807, 2.05) is 6.07 Å². The topological polar surface area (TPSA) is 72.5 Å². The van der Waals surface area contributed by atoms with Crippen molar-refractivity contribution in [3.63, 3.8) is 0 Å². The van der Waals surface area contributed by atoms with Crippen LogP contribution < -0.4 is 5.73 Å². The van der Waals surface area contributed by atoms with Gasteiger partial charge in [0.05, 0.1) is 19.2 Å². The summed E-state index contributed by atoms with van der Waals surface area (Å²) in [6.45, 7) is 0. The number of anilines is 1. The van der Waals surface area contributed by atoms with Gasteiger partial charge in [-0.2, -0.15) is 11.8 Å². The number of hydrogen-bond donors (Lipinski definition) is 2. The SMILES string of the molecule is COC(=O)CCSCc1ccc(O)c(N)c1. The highest BCUT2D eigenvalue weighted by Crippen LogP contribution is 2.23. The third-order valence-corrected chi connectivity index (χ3v) is 3.07. The van der Waals surface area contributed by atoms with E-state index < -0.39 is 0 Å². The van der Waals surface area contributed by atoms with Crippen LogP contribution in [0.1, 0.15) is 12.0 Å². The number of benzene rings is 1. The van der Waals surface area contributed by atoms with E-state index in [1.54, 1.807) is 23.9 Å². The first-order valence-electron chi connectivity index (χ1n) is 4.85. The molecule has 0 saturated carbocycles. The summed E-state index contributed by atoms with van der Waals surface area (Å²) in [7, 11) is 1.38. The molecule has 16 heavy (non-hydrogen) atoms. The summed E-state index contributed by atoms with van der Waals surface area (Å²) >= 11 is 1.63. The van der Waals surface area contributed by atoms with Crippen molar-refractivity contribution in [1.29, 1.82) is 0 Å². The van der Waals surface area contributed by atoms with E-state index in [0.717, 1.165) is 11.3 Å². The quantitative estimate of drug-likeness (QED) is 0.356. The number of phenolic OH excluding ortho intramolecular Hbond substituents is 1. The molecule has 88 valence electrons. The fourth-order valence-corrected chi connectivity index (χ4v) is 2.01. The molecule has 0 radical (unpaired) electrons. The molecule has 0 aliphatic carbocycles. The molecule has 1 aromatic carbocycles. The smallest absolute Gasteiger partial charge is 0.306 e. The lowest BCUT2D eigenvalue weighted by atomic mass is 10.2. The Bertz CT molecular complexity index is 368. The first kappa shape index (κ1) is 12.7. The summed E-state index contributed by atoms with van der Waals surface area (Å²) < 4.78 is 4.53. The summed E-state index contributed by atoms with van der Waals surface area (Å²) in [4.78, 5) is 10.8. The van der Waals surface area contributed by atoms with Crippen LogP contribution in [0.2, 0.25) is 0 Å². The molecule has 0 atom stereocenters. The van der Waals surface area contributed by atoms with Gasteiger partial charge < -0.3 is 15.6 Å². The van der Waals surface area contributed by atoms with Gasteiger partial charge in [0.15, 0.2) is 0 Å². The first-order chi connectivity index (χ1) is 7.63. The van der Waals surface area contributed by atoms with Crippen LogP contribution >= 0.6 is 11.8 Å². The molecule has 3 N–H and O–H groups in total. The lowest BCUT2D eigenvalue weighted by Gasteiger charge is -2.04. The average molecular weight is 241 g/mol. The van der Waals surface area contributed by atoms with E-state index >= 15 is 0 Å². The maximum atomic E-state index is 10.8. The maximum absolute atomic E-state index is 10.8. The van der Waals surface area contributed by atoms with Crippen LogP contribution in [0.25, 0.3) is 0 Å². The first-order valence-corrected chi connectivity index (χ1v) is 6.01. The fourth-order valence-electron chi connectivity index (χ4n) is 1.14. The van der Waals surface area contributed by atoms with Gasteiger partial charge >= 0.3 is 5.97 Å². The summed E-state index contributed by atoms with van der Waals surface area (Å²) in [6, 6.07) is 5.13. The van der Waals surface area contributed by atoms with Crippen LogP contribution in [0.4, 0.5) is 5.69 Å². The Morgan fingerprint density at radius 3 is 2.94 bits per heavy atom. The second kappa shape index (κ2) is 6.27. The molecular formula is C11H15NO3S. The normalized spacial score (nSPS) is 10.1. The molecule has 0 spiro atoms. The van der Waals surface area contributed by atoms with Crippen LogP contribution in [0, 0.1) is 0 Å². The molecule has 1 rings (SSSR count). The van der Waals surface area contributed by atoms with Crippen molar-refractivity contribution < 1.29 is 14.6 Å². The number of carbonyl (C=O) groups excluding carboxylic acids is 1. The molecule has 0 bridgehead atoms. The van der Waals surface area contributed by atoms with Crippen LogP contribution in [0.3, 0.4) is 0 Å². The van der Waals surface area contributed by atoms with Crippen LogP contribution in [-0.4, -0.2) is 23.9 Å². The van der Waals surface area contributed by atoms with Crippen molar-refractivity contribution in [1.82, 2.24) is 0 Å². The van der Waals surface area contributed by atoms with Gasteiger partial charge in [-0.15, -0.1) is 0 Å². The number of methoxy groups -OCH3 is 1. The van der Waals surface area contributed by atoms with E-state index in [1.165, 1.54) is 7.11 Å². The van der Waals surface area contributed by atoms with E-state index in [0.29, 0.717) is 17.9 Å². The lowest BCUT2D eigenvalue weighted by molar-refractivity contribution is -0.140. The van der Waals surface area contributed by atoms with Gasteiger partial charge in [0.1, 0.15) is 5.75 Å². The van der Waals surface area contributed by atoms with Crippen molar-refractivity contribution in [2.45, 2.75) is 12.2 Å². The molecular weight excluding hydrogens is 226 g/mol. The Balaban J connectivity index is 2.32. The van der Waals surface area contributed by atoms with Gasteiger partial charge in [-0.1, -0.05) is 6.07 Å². The lowest BCUT2D eigenvalue weighted by Crippen LogP contribution is -2.01. The third-order valence-electron chi connectivity index (χ3n) is 2.04. The standard InChI is InChI=1S/C11H15NO3S/c1-15-11(14)4-5-16-7-8-2-3-10(13)9(12)6-8/h2-3,6,13H,4-5,7,12H2,1H3. The van der Waals surface area contributed by atoms with Crippen LogP contribution in [-0.2, 0) is 15.3 Å². The molecule has 4 nitrogen and oxygen atoms in total. The number of rotatable bonds is 5. The zero-order valence-electron chi connectivity index (χ0n) is 9.10. The number of thioether (sulfide) groups is 1. The molecule has 0 aromatic heterocycles. The summed E-state index contributed by atoms with van der Waals surface area (Å²) in [5, 5.41) is 9.23. The van der Waals surface area contributed by atoms with E-state index in [2.05, 4.69) is 4.74 Å². The predicted octanol–water partition coefficient (Wildman–Crippen LogP) is 1.77. The number of nitrogens with two attached hydrogens (primary N) is 1. The van der Waals surface area contributed by atoms with Crippen LogP contribution in [0.15, 0.2) is 18.2 Å². The van der Waals surface area contributed by atoms with Crippen molar-refractivity contribution >= 4 is 23.4 Å². The number of aromatic hydroxyl groups is 1. The highest BCUT2D eigenvalue weighted by Gasteiger charge is 2.02. The van der Waals surface area contributed by atoms with Crippen molar-refractivity contribution in [3.8, 4) is 5.75 Å². The number of ether oxygens (including phenoxy) is 1. The number of phenols is 1. The highest BCUT2D eigenvalue weighted by atomic mass is 32.2. The van der Waals surface area contributed by atoms with E-state index in [-0.39, 0.29) is 11.7 Å². The molecule has 0 aliphatic heterocycles. The highest BCUT2D eigenvalue weighted by molar-refractivity contribution is 7.98. The Labute approximate surface area is 98.8 Å². The molecule has 1 aromatic rings. The monoisotopic (exact) mass is 241 g/mol. The molecule has 0 fully saturated rings. The number of hydrogen-bond acceptors (Lipinski definition) is 5. The molecule has 0 amide bonds. The largest absolute Gasteiger partial charge is 0.506 e. The van der Waals surface area contributed by atoms with Gasteiger partial charge in [0.25, 0.3) is 0 Å². The fraction of sp³-hybridized carbons (Fsp3) is 0.364. The molecule has 0 aliphatic rings. The zero-order valence-corrected chi connectivity index (χ0v) is 9.92. The Hall–Kier alpha value is -1.36. The van der Waals surface area contributed by atoms with E-state index in [4.69, 9.17) is 5.73 Å². The van der Waals surface area contributed by atoms with Gasteiger partial charge in [0, 0.05) is 11.5 Å². The minimum atomic E-state index is -0.197. The van der Waals surface area contributed by atoms with Crippen LogP contribution in [0.5, 0.6) is 5.75 Å². The average Bonchev–Trinajstić information content (AvgIpc) is 2.28.